The Morgan fingerprint density at radius 3 is 2.81 bits per heavy atom. The molecule has 4 rings (SSSR count). The van der Waals surface area contributed by atoms with Gasteiger partial charge in [-0.2, -0.15) is 0 Å². The molecule has 0 spiro atoms. The number of likely N-dealkylation sites (tertiary alicyclic amines) is 2. The summed E-state index contributed by atoms with van der Waals surface area (Å²) in [6, 6.07) is 14.6. The first-order chi connectivity index (χ1) is 13.1. The molecule has 0 unspecified atom stereocenters. The molecule has 2 saturated heterocycles. The lowest BCUT2D eigenvalue weighted by Crippen LogP contribution is -2.66. The topological polar surface area (TPSA) is 36.4 Å². The summed E-state index contributed by atoms with van der Waals surface area (Å²) < 4.78 is 0. The van der Waals surface area contributed by atoms with E-state index in [0.29, 0.717) is 6.04 Å². The lowest BCUT2D eigenvalue weighted by molar-refractivity contribution is -0.0346. The summed E-state index contributed by atoms with van der Waals surface area (Å²) in [6.45, 7) is 4.28. The van der Waals surface area contributed by atoms with Crippen LogP contribution in [0.3, 0.4) is 0 Å². The number of hydrogen-bond acceptors (Lipinski definition) is 3. The van der Waals surface area contributed by atoms with Gasteiger partial charge in [-0.1, -0.05) is 30.3 Å². The van der Waals surface area contributed by atoms with E-state index in [4.69, 9.17) is 0 Å². The van der Waals surface area contributed by atoms with Crippen LogP contribution in [0.4, 0.5) is 0 Å². The molecule has 2 aromatic rings. The number of carbonyl (C=O) groups is 1. The Balaban J connectivity index is 1.58. The van der Waals surface area contributed by atoms with Gasteiger partial charge < -0.3 is 9.80 Å². The van der Waals surface area contributed by atoms with Crippen LogP contribution in [-0.2, 0) is 6.42 Å². The molecule has 0 N–H and O–H groups in total. The van der Waals surface area contributed by atoms with Crippen molar-refractivity contribution in [1.82, 2.24) is 14.8 Å². The number of carbonyl (C=O) groups excluding carboxylic acids is 1. The quantitative estimate of drug-likeness (QED) is 0.833. The van der Waals surface area contributed by atoms with Gasteiger partial charge in [-0.3, -0.25) is 9.78 Å². The van der Waals surface area contributed by atoms with Gasteiger partial charge in [-0.25, -0.2) is 0 Å². The van der Waals surface area contributed by atoms with E-state index in [1.54, 1.807) is 6.20 Å². The normalized spacial score (nSPS) is 25.9. The second kappa shape index (κ2) is 7.43. The van der Waals surface area contributed by atoms with E-state index in [2.05, 4.69) is 40.9 Å². The standard InChI is InChI=1S/C23H29N3O/c1-23-12-7-14-25(2)21(23)10-6-15-26(23)22(27)19-11-13-24-20(17-19)16-18-8-4-3-5-9-18/h3-5,8-9,11,13,17,21H,6-7,10,12,14-16H2,1-2H3/t21-,23-/m0/s1. The zero-order chi connectivity index (χ0) is 18.9. The summed E-state index contributed by atoms with van der Waals surface area (Å²) in [5.74, 6) is 0.161. The molecular formula is C23H29N3O. The zero-order valence-corrected chi connectivity index (χ0v) is 16.4. The first kappa shape index (κ1) is 18.2. The van der Waals surface area contributed by atoms with Crippen molar-refractivity contribution in [2.45, 2.75) is 50.6 Å². The fourth-order valence-electron chi connectivity index (χ4n) is 5.03. The van der Waals surface area contributed by atoms with Gasteiger partial charge in [0.1, 0.15) is 0 Å². The Kier molecular flexibility index (Phi) is 5.00. The van der Waals surface area contributed by atoms with Crippen molar-refractivity contribution in [3.63, 3.8) is 0 Å². The van der Waals surface area contributed by atoms with Crippen LogP contribution in [0.15, 0.2) is 48.7 Å². The minimum atomic E-state index is -0.0643. The fourth-order valence-corrected chi connectivity index (χ4v) is 5.03. The molecule has 1 aromatic heterocycles. The van der Waals surface area contributed by atoms with Crippen molar-refractivity contribution in [2.24, 2.45) is 0 Å². The highest BCUT2D eigenvalue weighted by Crippen LogP contribution is 2.39. The van der Waals surface area contributed by atoms with Gasteiger partial charge in [0.15, 0.2) is 0 Å². The van der Waals surface area contributed by atoms with Gasteiger partial charge in [-0.15, -0.1) is 0 Å². The van der Waals surface area contributed by atoms with Crippen LogP contribution < -0.4 is 0 Å². The third kappa shape index (κ3) is 3.51. The second-order valence-electron chi connectivity index (χ2n) is 8.25. The number of likely N-dealkylation sites (N-methyl/N-ethyl adjacent to an activating group) is 1. The maximum absolute atomic E-state index is 13.5. The zero-order valence-electron chi connectivity index (χ0n) is 16.4. The first-order valence-electron chi connectivity index (χ1n) is 10.1. The third-order valence-electron chi connectivity index (χ3n) is 6.46. The van der Waals surface area contributed by atoms with Crippen molar-refractivity contribution >= 4 is 5.91 Å². The molecule has 3 heterocycles. The molecule has 2 aliphatic heterocycles. The molecular weight excluding hydrogens is 334 g/mol. The number of nitrogens with zero attached hydrogens (tertiary/aromatic N) is 3. The SMILES string of the molecule is CN1CCC[C@@]2(C)[C@@H]1CCCN2C(=O)c1ccnc(Cc2ccccc2)c1. The lowest BCUT2D eigenvalue weighted by atomic mass is 9.76. The Labute approximate surface area is 162 Å². The Hall–Kier alpha value is -2.20. The lowest BCUT2D eigenvalue weighted by Gasteiger charge is -2.56. The fraction of sp³-hybridized carbons (Fsp3) is 0.478. The molecule has 1 amide bonds. The summed E-state index contributed by atoms with van der Waals surface area (Å²) >= 11 is 0. The molecule has 2 atom stereocenters. The molecule has 2 aliphatic rings. The summed E-state index contributed by atoms with van der Waals surface area (Å²) in [7, 11) is 2.21. The predicted octanol–water partition coefficient (Wildman–Crippen LogP) is 3.76. The van der Waals surface area contributed by atoms with Gasteiger partial charge in [0.25, 0.3) is 5.91 Å². The molecule has 142 valence electrons. The number of benzene rings is 1. The molecule has 4 heteroatoms. The van der Waals surface area contributed by atoms with Crippen LogP contribution in [0.5, 0.6) is 0 Å². The van der Waals surface area contributed by atoms with E-state index >= 15 is 0 Å². The Bertz CT molecular complexity index is 806. The molecule has 1 aromatic carbocycles. The number of pyridine rings is 1. The Morgan fingerprint density at radius 2 is 2.00 bits per heavy atom. The largest absolute Gasteiger partial charge is 0.332 e. The van der Waals surface area contributed by atoms with Crippen LogP contribution >= 0.6 is 0 Å². The van der Waals surface area contributed by atoms with E-state index in [0.717, 1.165) is 50.0 Å². The van der Waals surface area contributed by atoms with Crippen molar-refractivity contribution < 1.29 is 4.79 Å². The van der Waals surface area contributed by atoms with Crippen LogP contribution in [0, 0.1) is 0 Å². The van der Waals surface area contributed by atoms with E-state index in [9.17, 15) is 4.79 Å². The average molecular weight is 364 g/mol. The second-order valence-corrected chi connectivity index (χ2v) is 8.25. The summed E-state index contributed by atoms with van der Waals surface area (Å²) in [6.07, 6.45) is 7.05. The molecule has 2 fully saturated rings. The highest BCUT2D eigenvalue weighted by molar-refractivity contribution is 5.95. The summed E-state index contributed by atoms with van der Waals surface area (Å²) in [5, 5.41) is 0. The summed E-state index contributed by atoms with van der Waals surface area (Å²) in [5.41, 5.74) is 2.87. The number of hydrogen-bond donors (Lipinski definition) is 0. The Morgan fingerprint density at radius 1 is 1.19 bits per heavy atom. The minimum Gasteiger partial charge on any atom is -0.332 e. The number of fused-ring (bicyclic) bond motifs is 1. The minimum absolute atomic E-state index is 0.0643. The van der Waals surface area contributed by atoms with Crippen LogP contribution in [-0.4, -0.2) is 52.4 Å². The van der Waals surface area contributed by atoms with Gasteiger partial charge >= 0.3 is 0 Å². The molecule has 0 radical (unpaired) electrons. The van der Waals surface area contributed by atoms with Gasteiger partial charge in [0.05, 0.1) is 5.54 Å². The average Bonchev–Trinajstić information content (AvgIpc) is 2.68. The van der Waals surface area contributed by atoms with Crippen molar-refractivity contribution in [1.29, 1.82) is 0 Å². The predicted molar refractivity (Wildman–Crippen MR) is 108 cm³/mol. The highest BCUT2D eigenvalue weighted by atomic mass is 16.2. The summed E-state index contributed by atoms with van der Waals surface area (Å²) in [4.78, 5) is 22.6. The van der Waals surface area contributed by atoms with Gasteiger partial charge in [0.2, 0.25) is 0 Å². The van der Waals surface area contributed by atoms with Crippen LogP contribution in [0.2, 0.25) is 0 Å². The van der Waals surface area contributed by atoms with E-state index < -0.39 is 0 Å². The van der Waals surface area contributed by atoms with Crippen molar-refractivity contribution in [3.8, 4) is 0 Å². The number of aromatic nitrogens is 1. The van der Waals surface area contributed by atoms with E-state index in [1.807, 2.05) is 30.3 Å². The highest BCUT2D eigenvalue weighted by Gasteiger charge is 2.48. The molecule has 27 heavy (non-hydrogen) atoms. The monoisotopic (exact) mass is 363 g/mol. The molecule has 4 nitrogen and oxygen atoms in total. The smallest absolute Gasteiger partial charge is 0.254 e. The van der Waals surface area contributed by atoms with Crippen molar-refractivity contribution in [3.05, 3.63) is 65.5 Å². The van der Waals surface area contributed by atoms with Crippen LogP contribution in [0.25, 0.3) is 0 Å². The number of amides is 1. The third-order valence-corrected chi connectivity index (χ3v) is 6.46. The van der Waals surface area contributed by atoms with E-state index in [-0.39, 0.29) is 11.4 Å². The molecule has 0 bridgehead atoms. The van der Waals surface area contributed by atoms with Crippen molar-refractivity contribution in [2.75, 3.05) is 20.1 Å². The van der Waals surface area contributed by atoms with E-state index in [1.165, 1.54) is 12.0 Å². The number of rotatable bonds is 3. The van der Waals surface area contributed by atoms with Crippen LogP contribution in [0.1, 0.15) is 54.2 Å². The maximum atomic E-state index is 13.5. The number of piperidine rings is 2. The maximum Gasteiger partial charge on any atom is 0.254 e. The van der Waals surface area contributed by atoms with Gasteiger partial charge in [0, 0.05) is 36.5 Å². The molecule has 0 saturated carbocycles. The van der Waals surface area contributed by atoms with Gasteiger partial charge in [-0.05, 0) is 63.9 Å². The first-order valence-corrected chi connectivity index (χ1v) is 10.1. The molecule has 0 aliphatic carbocycles.